The van der Waals surface area contributed by atoms with E-state index in [1.165, 1.54) is 0 Å². The summed E-state index contributed by atoms with van der Waals surface area (Å²) in [5.74, 6) is 0. The summed E-state index contributed by atoms with van der Waals surface area (Å²) in [5.41, 5.74) is 7.80. The Morgan fingerprint density at radius 3 is 2.58 bits per heavy atom. The van der Waals surface area contributed by atoms with Gasteiger partial charge in [0.2, 0.25) is 0 Å². The Bertz CT molecular complexity index is 171. The molecule has 0 bridgehead atoms. The maximum Gasteiger partial charge on any atom is 0.187 e. The normalized spacial score (nSPS) is 11.7. The van der Waals surface area contributed by atoms with Gasteiger partial charge < -0.3 is 11.1 Å². The van der Waals surface area contributed by atoms with Crippen LogP contribution in [-0.2, 0) is 0 Å². The minimum atomic E-state index is -0.0394. The Morgan fingerprint density at radius 2 is 2.17 bits per heavy atom. The van der Waals surface area contributed by atoms with Gasteiger partial charge in [-0.05, 0) is 33.0 Å². The minimum Gasteiger partial charge on any atom is -0.357 e. The zero-order chi connectivity index (χ0) is 9.61. The van der Waals surface area contributed by atoms with E-state index in [9.17, 15) is 0 Å². The lowest BCUT2D eigenvalue weighted by Gasteiger charge is -2.21. The van der Waals surface area contributed by atoms with E-state index in [0.29, 0.717) is 11.7 Å². The van der Waals surface area contributed by atoms with Gasteiger partial charge in [-0.1, -0.05) is 0 Å². The van der Waals surface area contributed by atoms with E-state index in [2.05, 4.69) is 15.8 Å². The molecule has 0 spiro atoms. The van der Waals surface area contributed by atoms with Crippen LogP contribution in [0.15, 0.2) is 5.10 Å². The first-order valence-corrected chi connectivity index (χ1v) is 4.16. The predicted molar refractivity (Wildman–Crippen MR) is 56.2 cm³/mol. The highest BCUT2D eigenvalue weighted by molar-refractivity contribution is 7.80. The van der Waals surface area contributed by atoms with Gasteiger partial charge in [-0.2, -0.15) is 5.10 Å². The van der Waals surface area contributed by atoms with Crippen molar-refractivity contribution in [3.63, 3.8) is 0 Å². The molecule has 0 amide bonds. The van der Waals surface area contributed by atoms with Crippen molar-refractivity contribution in [2.24, 2.45) is 10.8 Å². The molecule has 0 aliphatic rings. The molecule has 0 rings (SSSR count). The number of nitrogens with two attached hydrogens (primary N) is 1. The standard InChI is InChI=1S/C7H16N4S/c1-7(2,3)10-6(12)11-9-5-4-8/h5H,4,8H2,1-3H3,(H2,10,11,12). The van der Waals surface area contributed by atoms with Crippen LogP contribution in [0.3, 0.4) is 0 Å². The van der Waals surface area contributed by atoms with E-state index in [1.807, 2.05) is 20.8 Å². The summed E-state index contributed by atoms with van der Waals surface area (Å²) in [6.07, 6.45) is 1.55. The molecular weight excluding hydrogens is 172 g/mol. The van der Waals surface area contributed by atoms with E-state index in [1.54, 1.807) is 6.21 Å². The molecular formula is C7H16N4S. The Labute approximate surface area is 78.6 Å². The largest absolute Gasteiger partial charge is 0.357 e. The third-order valence-corrected chi connectivity index (χ3v) is 1.04. The zero-order valence-corrected chi connectivity index (χ0v) is 8.53. The fourth-order valence-corrected chi connectivity index (χ4v) is 0.884. The molecule has 0 saturated carbocycles. The second kappa shape index (κ2) is 5.05. The van der Waals surface area contributed by atoms with Gasteiger partial charge in [0.15, 0.2) is 5.11 Å². The molecule has 0 heterocycles. The molecule has 12 heavy (non-hydrogen) atoms. The zero-order valence-electron chi connectivity index (χ0n) is 7.72. The van der Waals surface area contributed by atoms with Crippen molar-refractivity contribution < 1.29 is 0 Å². The van der Waals surface area contributed by atoms with E-state index in [0.717, 1.165) is 0 Å². The summed E-state index contributed by atoms with van der Waals surface area (Å²) in [7, 11) is 0. The van der Waals surface area contributed by atoms with Gasteiger partial charge in [0, 0.05) is 18.3 Å². The fourth-order valence-electron chi connectivity index (χ4n) is 0.526. The number of hydrazone groups is 1. The average molecular weight is 188 g/mol. The predicted octanol–water partition coefficient (Wildman–Crippen LogP) is 0.194. The highest BCUT2D eigenvalue weighted by Crippen LogP contribution is 1.97. The number of rotatable bonds is 2. The monoisotopic (exact) mass is 188 g/mol. The molecule has 0 aliphatic heterocycles. The summed E-state index contributed by atoms with van der Waals surface area (Å²) >= 11 is 4.94. The van der Waals surface area contributed by atoms with Crippen molar-refractivity contribution >= 4 is 23.5 Å². The van der Waals surface area contributed by atoms with Crippen molar-refractivity contribution in [2.75, 3.05) is 6.54 Å². The molecule has 4 N–H and O–H groups in total. The smallest absolute Gasteiger partial charge is 0.187 e. The minimum absolute atomic E-state index is 0.0394. The van der Waals surface area contributed by atoms with E-state index >= 15 is 0 Å². The Hall–Kier alpha value is -0.680. The van der Waals surface area contributed by atoms with Crippen LogP contribution in [0.4, 0.5) is 0 Å². The molecule has 0 aromatic carbocycles. The van der Waals surface area contributed by atoms with Crippen molar-refractivity contribution in [1.29, 1.82) is 0 Å². The fraction of sp³-hybridized carbons (Fsp3) is 0.714. The van der Waals surface area contributed by atoms with Gasteiger partial charge in [0.25, 0.3) is 0 Å². The van der Waals surface area contributed by atoms with Gasteiger partial charge in [-0.3, -0.25) is 5.43 Å². The molecule has 0 aromatic rings. The molecule has 0 aromatic heterocycles. The summed E-state index contributed by atoms with van der Waals surface area (Å²) in [4.78, 5) is 0. The van der Waals surface area contributed by atoms with Gasteiger partial charge >= 0.3 is 0 Å². The maximum atomic E-state index is 5.19. The number of hydrogen-bond donors (Lipinski definition) is 3. The number of nitrogens with zero attached hydrogens (tertiary/aromatic N) is 1. The molecule has 4 nitrogen and oxygen atoms in total. The summed E-state index contributed by atoms with van der Waals surface area (Å²) in [6.45, 7) is 6.47. The van der Waals surface area contributed by atoms with Crippen molar-refractivity contribution in [1.82, 2.24) is 10.7 Å². The van der Waals surface area contributed by atoms with Crippen LogP contribution >= 0.6 is 12.2 Å². The number of hydrogen-bond acceptors (Lipinski definition) is 3. The third kappa shape index (κ3) is 7.43. The van der Waals surface area contributed by atoms with Gasteiger partial charge in [0.05, 0.1) is 0 Å². The maximum absolute atomic E-state index is 5.19. The molecule has 70 valence electrons. The first kappa shape index (κ1) is 11.3. The highest BCUT2D eigenvalue weighted by Gasteiger charge is 2.09. The summed E-state index contributed by atoms with van der Waals surface area (Å²) in [6, 6.07) is 0. The van der Waals surface area contributed by atoms with E-state index in [4.69, 9.17) is 18.0 Å². The Balaban J connectivity index is 3.68. The van der Waals surface area contributed by atoms with Crippen LogP contribution in [0, 0.1) is 0 Å². The van der Waals surface area contributed by atoms with Crippen LogP contribution in [0.1, 0.15) is 20.8 Å². The van der Waals surface area contributed by atoms with Gasteiger partial charge in [0.1, 0.15) is 0 Å². The molecule has 0 aliphatic carbocycles. The molecule has 5 heteroatoms. The third-order valence-electron chi connectivity index (χ3n) is 0.851. The average Bonchev–Trinajstić information content (AvgIpc) is 1.84. The quantitative estimate of drug-likeness (QED) is 0.329. The van der Waals surface area contributed by atoms with Crippen LogP contribution in [0.25, 0.3) is 0 Å². The van der Waals surface area contributed by atoms with E-state index in [-0.39, 0.29) is 5.54 Å². The lowest BCUT2D eigenvalue weighted by atomic mass is 10.1. The van der Waals surface area contributed by atoms with Crippen molar-refractivity contribution in [3.8, 4) is 0 Å². The molecule has 0 unspecified atom stereocenters. The summed E-state index contributed by atoms with van der Waals surface area (Å²) in [5, 5.41) is 7.32. The molecule has 0 radical (unpaired) electrons. The lowest BCUT2D eigenvalue weighted by Crippen LogP contribution is -2.44. The summed E-state index contributed by atoms with van der Waals surface area (Å²) < 4.78 is 0. The first-order chi connectivity index (χ1) is 5.45. The Kier molecular flexibility index (Phi) is 4.77. The molecule has 0 fully saturated rings. The number of nitrogens with one attached hydrogen (secondary N) is 2. The lowest BCUT2D eigenvalue weighted by molar-refractivity contribution is 0.508. The van der Waals surface area contributed by atoms with Crippen molar-refractivity contribution in [3.05, 3.63) is 0 Å². The van der Waals surface area contributed by atoms with Crippen LogP contribution in [-0.4, -0.2) is 23.4 Å². The number of thiocarbonyl (C=S) groups is 1. The second-order valence-corrected chi connectivity index (χ2v) is 3.77. The topological polar surface area (TPSA) is 62.4 Å². The van der Waals surface area contributed by atoms with Crippen molar-refractivity contribution in [2.45, 2.75) is 26.3 Å². The van der Waals surface area contributed by atoms with Gasteiger partial charge in [-0.25, -0.2) is 0 Å². The second-order valence-electron chi connectivity index (χ2n) is 3.36. The van der Waals surface area contributed by atoms with Crippen LogP contribution in [0.5, 0.6) is 0 Å². The van der Waals surface area contributed by atoms with Crippen LogP contribution in [0.2, 0.25) is 0 Å². The van der Waals surface area contributed by atoms with Crippen LogP contribution < -0.4 is 16.5 Å². The SMILES string of the molecule is CC(C)(C)NC(=S)NN=CCN. The first-order valence-electron chi connectivity index (χ1n) is 3.75. The Morgan fingerprint density at radius 1 is 1.58 bits per heavy atom. The molecule has 0 saturated heterocycles. The van der Waals surface area contributed by atoms with E-state index < -0.39 is 0 Å². The van der Waals surface area contributed by atoms with Gasteiger partial charge in [-0.15, -0.1) is 0 Å². The highest BCUT2D eigenvalue weighted by atomic mass is 32.1. The molecule has 0 atom stereocenters.